The molecule has 106 valence electrons. The smallest absolute Gasteiger partial charge is 0.140 e. The van der Waals surface area contributed by atoms with Crippen LogP contribution in [0.4, 0.5) is 4.39 Å². The number of nitrogens with two attached hydrogens (primary N) is 1. The molecule has 6 heteroatoms. The van der Waals surface area contributed by atoms with E-state index in [2.05, 4.69) is 15.9 Å². The third kappa shape index (κ3) is 3.64. The van der Waals surface area contributed by atoms with Gasteiger partial charge in [-0.3, -0.25) is 0 Å². The maximum atomic E-state index is 12.9. The fourth-order valence-electron chi connectivity index (χ4n) is 1.68. The molecule has 0 saturated carbocycles. The molecule has 0 fully saturated rings. The Bertz CT molecular complexity index is 607. The Morgan fingerprint density at radius 1 is 1.15 bits per heavy atom. The Balaban J connectivity index is 2.26. The lowest BCUT2D eigenvalue weighted by Crippen LogP contribution is -2.18. The van der Waals surface area contributed by atoms with Gasteiger partial charge in [0.05, 0.1) is 10.0 Å². The van der Waals surface area contributed by atoms with E-state index in [1.807, 2.05) is 0 Å². The Labute approximate surface area is 134 Å². The van der Waals surface area contributed by atoms with Crippen LogP contribution >= 0.6 is 39.1 Å². The van der Waals surface area contributed by atoms with Crippen LogP contribution in [0.25, 0.3) is 0 Å². The lowest BCUT2D eigenvalue weighted by atomic mass is 10.1. The molecule has 0 radical (unpaired) electrons. The summed E-state index contributed by atoms with van der Waals surface area (Å²) in [5.41, 5.74) is 6.47. The van der Waals surface area contributed by atoms with Gasteiger partial charge < -0.3 is 10.5 Å². The average molecular weight is 379 g/mol. The minimum atomic E-state index is -0.426. The first kappa shape index (κ1) is 15.6. The highest BCUT2D eigenvalue weighted by molar-refractivity contribution is 9.10. The number of ether oxygens (including phenoxy) is 1. The SMILES string of the molecule is NCC(Oc1cc(Cl)c(Br)cc1Cl)c1ccc(F)cc1. The van der Waals surface area contributed by atoms with Crippen LogP contribution in [0.1, 0.15) is 11.7 Å². The van der Waals surface area contributed by atoms with E-state index in [1.54, 1.807) is 24.3 Å². The lowest BCUT2D eigenvalue weighted by molar-refractivity contribution is 0.214. The molecule has 1 unspecified atom stereocenters. The Morgan fingerprint density at radius 2 is 1.80 bits per heavy atom. The second-order valence-corrected chi connectivity index (χ2v) is 5.76. The van der Waals surface area contributed by atoms with E-state index in [-0.39, 0.29) is 12.4 Å². The molecule has 0 bridgehead atoms. The van der Waals surface area contributed by atoms with Crippen LogP contribution in [0.15, 0.2) is 40.9 Å². The number of hydrogen-bond donors (Lipinski definition) is 1. The monoisotopic (exact) mass is 377 g/mol. The van der Waals surface area contributed by atoms with E-state index in [0.717, 1.165) is 5.56 Å². The molecule has 0 heterocycles. The Morgan fingerprint density at radius 3 is 2.40 bits per heavy atom. The summed E-state index contributed by atoms with van der Waals surface area (Å²) >= 11 is 15.4. The van der Waals surface area contributed by atoms with Crippen LogP contribution < -0.4 is 10.5 Å². The second-order valence-electron chi connectivity index (χ2n) is 4.09. The van der Waals surface area contributed by atoms with E-state index in [4.69, 9.17) is 33.7 Å². The minimum Gasteiger partial charge on any atom is -0.483 e. The van der Waals surface area contributed by atoms with Crippen LogP contribution in [-0.4, -0.2) is 6.54 Å². The molecule has 20 heavy (non-hydrogen) atoms. The molecular weight excluding hydrogens is 368 g/mol. The van der Waals surface area contributed by atoms with Gasteiger partial charge in [-0.15, -0.1) is 0 Å². The standard InChI is InChI=1S/C14H11BrCl2FNO/c15-10-5-12(17)13(6-11(10)16)20-14(7-19)8-1-3-9(18)4-2-8/h1-6,14H,7,19H2. The Kier molecular flexibility index (Phi) is 5.27. The van der Waals surface area contributed by atoms with Crippen LogP contribution in [0.2, 0.25) is 10.0 Å². The summed E-state index contributed by atoms with van der Waals surface area (Å²) in [6.45, 7) is 0.232. The molecule has 0 aromatic heterocycles. The summed E-state index contributed by atoms with van der Waals surface area (Å²) in [4.78, 5) is 0. The molecule has 1 atom stereocenters. The van der Waals surface area contributed by atoms with Crippen LogP contribution in [0.5, 0.6) is 5.75 Å². The first-order valence-electron chi connectivity index (χ1n) is 5.78. The molecule has 2 rings (SSSR count). The molecule has 2 N–H and O–H groups in total. The van der Waals surface area contributed by atoms with Crippen molar-refractivity contribution in [2.45, 2.75) is 6.10 Å². The summed E-state index contributed by atoms with van der Waals surface area (Å²) in [6, 6.07) is 9.23. The van der Waals surface area contributed by atoms with Crippen molar-refractivity contribution < 1.29 is 9.13 Å². The summed E-state index contributed by atoms with van der Waals surface area (Å²) in [5, 5.41) is 0.904. The maximum Gasteiger partial charge on any atom is 0.140 e. The summed E-state index contributed by atoms with van der Waals surface area (Å²) in [7, 11) is 0. The van der Waals surface area contributed by atoms with E-state index in [0.29, 0.717) is 20.3 Å². The molecule has 0 aliphatic carbocycles. The highest BCUT2D eigenvalue weighted by Crippen LogP contribution is 2.36. The number of halogens is 4. The van der Waals surface area contributed by atoms with Crippen molar-refractivity contribution in [2.24, 2.45) is 5.73 Å². The first-order chi connectivity index (χ1) is 9.51. The van der Waals surface area contributed by atoms with Crippen LogP contribution in [0.3, 0.4) is 0 Å². The Hall–Kier alpha value is -0.810. The zero-order valence-corrected chi connectivity index (χ0v) is 13.3. The van der Waals surface area contributed by atoms with Gasteiger partial charge in [-0.2, -0.15) is 0 Å². The van der Waals surface area contributed by atoms with Gasteiger partial charge in [0.15, 0.2) is 0 Å². The van der Waals surface area contributed by atoms with Crippen molar-refractivity contribution in [1.82, 2.24) is 0 Å². The normalized spacial score (nSPS) is 12.2. The van der Waals surface area contributed by atoms with Crippen molar-refractivity contribution >= 4 is 39.1 Å². The van der Waals surface area contributed by atoms with Gasteiger partial charge in [-0.05, 0) is 39.7 Å². The van der Waals surface area contributed by atoms with Crippen molar-refractivity contribution in [3.63, 3.8) is 0 Å². The minimum absolute atomic E-state index is 0.232. The maximum absolute atomic E-state index is 12.9. The van der Waals surface area contributed by atoms with Crippen LogP contribution in [0, 0.1) is 5.82 Å². The molecule has 2 aromatic rings. The van der Waals surface area contributed by atoms with Crippen LogP contribution in [-0.2, 0) is 0 Å². The van der Waals surface area contributed by atoms with Gasteiger partial charge in [-0.25, -0.2) is 4.39 Å². The van der Waals surface area contributed by atoms with E-state index < -0.39 is 6.10 Å². The molecule has 0 spiro atoms. The van der Waals surface area contributed by atoms with Crippen molar-refractivity contribution in [3.05, 3.63) is 62.3 Å². The van der Waals surface area contributed by atoms with Crippen molar-refractivity contribution in [2.75, 3.05) is 6.54 Å². The van der Waals surface area contributed by atoms with E-state index >= 15 is 0 Å². The topological polar surface area (TPSA) is 35.2 Å². The zero-order valence-electron chi connectivity index (χ0n) is 10.2. The molecule has 2 nitrogen and oxygen atoms in total. The fraction of sp³-hybridized carbons (Fsp3) is 0.143. The van der Waals surface area contributed by atoms with Gasteiger partial charge in [0.1, 0.15) is 17.7 Å². The molecule has 0 saturated heterocycles. The van der Waals surface area contributed by atoms with Gasteiger partial charge in [0.2, 0.25) is 0 Å². The van der Waals surface area contributed by atoms with Gasteiger partial charge >= 0.3 is 0 Å². The average Bonchev–Trinajstić information content (AvgIpc) is 2.42. The molecule has 2 aromatic carbocycles. The second kappa shape index (κ2) is 6.76. The number of rotatable bonds is 4. The van der Waals surface area contributed by atoms with Gasteiger partial charge in [0, 0.05) is 17.1 Å². The molecular formula is C14H11BrCl2FNO. The fourth-order valence-corrected chi connectivity index (χ4v) is 2.51. The lowest BCUT2D eigenvalue weighted by Gasteiger charge is -2.19. The summed E-state index contributed by atoms with van der Waals surface area (Å²) in [6.07, 6.45) is -0.426. The highest BCUT2D eigenvalue weighted by atomic mass is 79.9. The third-order valence-electron chi connectivity index (χ3n) is 2.70. The quantitative estimate of drug-likeness (QED) is 0.762. The summed E-state index contributed by atoms with van der Waals surface area (Å²) < 4.78 is 19.4. The van der Waals surface area contributed by atoms with Gasteiger partial charge in [-0.1, -0.05) is 35.3 Å². The van der Waals surface area contributed by atoms with E-state index in [9.17, 15) is 4.39 Å². The van der Waals surface area contributed by atoms with Crippen molar-refractivity contribution in [3.8, 4) is 5.75 Å². The number of benzene rings is 2. The highest BCUT2D eigenvalue weighted by Gasteiger charge is 2.15. The molecule has 0 aliphatic rings. The third-order valence-corrected chi connectivity index (χ3v) is 4.19. The largest absolute Gasteiger partial charge is 0.483 e. The first-order valence-corrected chi connectivity index (χ1v) is 7.33. The van der Waals surface area contributed by atoms with Crippen molar-refractivity contribution in [1.29, 1.82) is 0 Å². The predicted molar refractivity (Wildman–Crippen MR) is 83.0 cm³/mol. The van der Waals surface area contributed by atoms with Gasteiger partial charge in [0.25, 0.3) is 0 Å². The summed E-state index contributed by atoms with van der Waals surface area (Å²) in [5.74, 6) is 0.119. The molecule has 0 aliphatic heterocycles. The zero-order chi connectivity index (χ0) is 14.7. The number of hydrogen-bond acceptors (Lipinski definition) is 2. The van der Waals surface area contributed by atoms with E-state index in [1.165, 1.54) is 12.1 Å². The predicted octanol–water partition coefficient (Wildman–Crippen LogP) is 4.97. The molecule has 0 amide bonds.